The van der Waals surface area contributed by atoms with Gasteiger partial charge in [-0.3, -0.25) is 9.59 Å². The summed E-state index contributed by atoms with van der Waals surface area (Å²) in [4.78, 5) is 40.8. The van der Waals surface area contributed by atoms with Crippen LogP contribution in [0.15, 0.2) is 48.5 Å². The molecule has 0 atom stereocenters. The van der Waals surface area contributed by atoms with Crippen LogP contribution in [0.25, 0.3) is 31.7 Å². The van der Waals surface area contributed by atoms with Crippen molar-refractivity contribution in [2.75, 3.05) is 7.11 Å². The Morgan fingerprint density at radius 3 is 2.08 bits per heavy atom. The third-order valence-electron chi connectivity index (χ3n) is 8.50. The van der Waals surface area contributed by atoms with Gasteiger partial charge in [0.1, 0.15) is 0 Å². The van der Waals surface area contributed by atoms with E-state index in [4.69, 9.17) is 9.57 Å². The van der Waals surface area contributed by atoms with Gasteiger partial charge < -0.3 is 9.57 Å². The Morgan fingerprint density at radius 1 is 0.854 bits per heavy atom. The normalized spacial score (nSPS) is 18.3. The van der Waals surface area contributed by atoms with Crippen molar-refractivity contribution in [2.24, 2.45) is 0 Å². The summed E-state index contributed by atoms with van der Waals surface area (Å²) in [7, 11) is 1.17. The van der Waals surface area contributed by atoms with Crippen LogP contribution in [0.5, 0.6) is 5.06 Å². The molecule has 1 fully saturated rings. The molecule has 0 unspecified atom stereocenters. The van der Waals surface area contributed by atoms with E-state index >= 15 is 26.3 Å². The standard InChI is InChI=1S/C34H27F6NO5S2/c1-17-26(28-29(33(37,38)34(39,40)32(28,35)36)27-21-8-4-5-9-22(21)48-31(27)45-3)18(2)47-30(17)20-13-11-19(12-14-20)7-6-10-25(44)46-41-23(42)15-16-24(41)43/h4-5,8-9,11-14H,6-7,10,15-16H2,1-3H3. The molecule has 0 spiro atoms. The number of carbonyl (C=O) groups excluding carboxylic acids is 3. The van der Waals surface area contributed by atoms with E-state index < -0.39 is 52.3 Å². The molecule has 2 aromatic heterocycles. The maximum atomic E-state index is 15.8. The molecule has 1 aliphatic carbocycles. The summed E-state index contributed by atoms with van der Waals surface area (Å²) in [6.07, 6.45) is 0.684. The highest BCUT2D eigenvalue weighted by Crippen LogP contribution is 2.67. The lowest BCUT2D eigenvalue weighted by molar-refractivity contribution is -0.254. The largest absolute Gasteiger partial charge is 0.487 e. The zero-order valence-electron chi connectivity index (χ0n) is 25.7. The molecule has 6 rings (SSSR count). The van der Waals surface area contributed by atoms with Gasteiger partial charge in [-0.15, -0.1) is 16.4 Å². The van der Waals surface area contributed by atoms with Crippen molar-refractivity contribution in [3.05, 3.63) is 75.7 Å². The van der Waals surface area contributed by atoms with Gasteiger partial charge in [-0.2, -0.15) is 26.3 Å². The van der Waals surface area contributed by atoms with E-state index in [2.05, 4.69) is 0 Å². The number of nitrogens with zero attached hydrogens (tertiary/aromatic N) is 1. The first-order valence-corrected chi connectivity index (χ1v) is 16.5. The fourth-order valence-electron chi connectivity index (χ4n) is 6.15. The maximum Gasteiger partial charge on any atom is 0.380 e. The van der Waals surface area contributed by atoms with Crippen molar-refractivity contribution in [2.45, 2.75) is 63.7 Å². The number of methoxy groups -OCH3 is 1. The summed E-state index contributed by atoms with van der Waals surface area (Å²) in [5, 5.41) is 0.413. The summed E-state index contributed by atoms with van der Waals surface area (Å²) in [5.41, 5.74) is -2.20. The third-order valence-corrected chi connectivity index (χ3v) is 10.9. The number of fused-ring (bicyclic) bond motifs is 1. The average Bonchev–Trinajstić information content (AvgIpc) is 3.69. The molecule has 48 heavy (non-hydrogen) atoms. The lowest BCUT2D eigenvalue weighted by atomic mass is 9.91. The third kappa shape index (κ3) is 5.20. The minimum atomic E-state index is -5.71. The van der Waals surface area contributed by atoms with Crippen molar-refractivity contribution in [1.82, 2.24) is 5.06 Å². The summed E-state index contributed by atoms with van der Waals surface area (Å²) >= 11 is 1.93. The van der Waals surface area contributed by atoms with Crippen molar-refractivity contribution >= 4 is 61.7 Å². The van der Waals surface area contributed by atoms with Gasteiger partial charge in [0, 0.05) is 55.8 Å². The molecule has 4 aromatic rings. The van der Waals surface area contributed by atoms with Crippen molar-refractivity contribution in [1.29, 1.82) is 0 Å². The lowest BCUT2D eigenvalue weighted by Gasteiger charge is -2.26. The minimum absolute atomic E-state index is 0.0101. The van der Waals surface area contributed by atoms with Gasteiger partial charge in [0.05, 0.1) is 12.7 Å². The van der Waals surface area contributed by atoms with Crippen LogP contribution in [0.3, 0.4) is 0 Å². The zero-order valence-corrected chi connectivity index (χ0v) is 27.4. The van der Waals surface area contributed by atoms with Crippen LogP contribution >= 0.6 is 22.7 Å². The number of benzene rings is 2. The Morgan fingerprint density at radius 2 is 1.46 bits per heavy atom. The smallest absolute Gasteiger partial charge is 0.380 e. The first-order valence-electron chi connectivity index (χ1n) is 14.8. The lowest BCUT2D eigenvalue weighted by Crippen LogP contribution is -2.49. The number of carbonyl (C=O) groups is 3. The Bertz CT molecular complexity index is 1980. The highest BCUT2D eigenvalue weighted by atomic mass is 32.1. The predicted molar refractivity (Wildman–Crippen MR) is 169 cm³/mol. The van der Waals surface area contributed by atoms with E-state index in [1.165, 1.54) is 33.1 Å². The van der Waals surface area contributed by atoms with Gasteiger partial charge in [0.15, 0.2) is 5.06 Å². The second-order valence-electron chi connectivity index (χ2n) is 11.5. The van der Waals surface area contributed by atoms with Gasteiger partial charge >= 0.3 is 23.7 Å². The number of imide groups is 1. The number of alkyl halides is 6. The van der Waals surface area contributed by atoms with Crippen LogP contribution in [0.2, 0.25) is 0 Å². The van der Waals surface area contributed by atoms with Gasteiger partial charge in [-0.25, -0.2) is 4.79 Å². The molecule has 252 valence electrons. The second-order valence-corrected chi connectivity index (χ2v) is 13.8. The summed E-state index contributed by atoms with van der Waals surface area (Å²) in [6, 6.07) is 13.0. The molecule has 2 aliphatic rings. The number of ether oxygens (including phenoxy) is 1. The van der Waals surface area contributed by atoms with Crippen LogP contribution in [0, 0.1) is 13.8 Å². The number of amides is 2. The van der Waals surface area contributed by atoms with E-state index in [1.807, 2.05) is 0 Å². The molecule has 0 radical (unpaired) electrons. The molecule has 2 aromatic carbocycles. The number of halogens is 6. The highest BCUT2D eigenvalue weighted by molar-refractivity contribution is 7.21. The molecule has 14 heteroatoms. The Labute approximate surface area is 278 Å². The quantitative estimate of drug-likeness (QED) is 0.128. The number of hydrogen-bond acceptors (Lipinski definition) is 7. The van der Waals surface area contributed by atoms with Gasteiger partial charge in [-0.1, -0.05) is 53.8 Å². The molecular weight excluding hydrogens is 680 g/mol. The molecular formula is C34H27F6NO5S2. The van der Waals surface area contributed by atoms with Gasteiger partial charge in [0.2, 0.25) is 0 Å². The number of hydroxylamine groups is 2. The summed E-state index contributed by atoms with van der Waals surface area (Å²) in [5.74, 6) is -18.0. The van der Waals surface area contributed by atoms with Crippen LogP contribution in [0.1, 0.15) is 52.8 Å². The van der Waals surface area contributed by atoms with Crippen molar-refractivity contribution in [3.8, 4) is 15.5 Å². The monoisotopic (exact) mass is 707 g/mol. The van der Waals surface area contributed by atoms with Crippen LogP contribution in [-0.2, 0) is 25.6 Å². The fraction of sp³-hybridized carbons (Fsp3) is 0.324. The molecule has 1 saturated heterocycles. The fourth-order valence-corrected chi connectivity index (χ4v) is 8.35. The Hall–Kier alpha value is -4.17. The second kappa shape index (κ2) is 12.1. The first-order chi connectivity index (χ1) is 22.6. The van der Waals surface area contributed by atoms with Crippen LogP contribution < -0.4 is 4.74 Å². The molecule has 0 bridgehead atoms. The molecule has 2 amide bonds. The molecule has 1 aliphatic heterocycles. The minimum Gasteiger partial charge on any atom is -0.487 e. The SMILES string of the molecule is COc1sc2ccccc2c1C1=C(c2c(C)sc(-c3ccc(CCCC(=O)ON4C(=O)CCC4=O)cc3)c2C)C(F)(F)C(F)(F)C1(F)F. The molecule has 3 heterocycles. The average molecular weight is 708 g/mol. The number of aryl methyl sites for hydroxylation is 2. The first kappa shape index (κ1) is 33.7. The zero-order chi connectivity index (χ0) is 34.8. The summed E-state index contributed by atoms with van der Waals surface area (Å²) in [6.45, 7) is 2.88. The van der Waals surface area contributed by atoms with Gasteiger partial charge in [0.25, 0.3) is 11.8 Å². The Balaban J connectivity index is 1.33. The van der Waals surface area contributed by atoms with E-state index in [1.54, 1.807) is 36.4 Å². The molecule has 6 nitrogen and oxygen atoms in total. The predicted octanol–water partition coefficient (Wildman–Crippen LogP) is 9.02. The summed E-state index contributed by atoms with van der Waals surface area (Å²) < 4.78 is 99.2. The number of thiophene rings is 2. The van der Waals surface area contributed by atoms with E-state index in [-0.39, 0.29) is 45.7 Å². The molecule has 0 N–H and O–H groups in total. The Kier molecular flexibility index (Phi) is 8.47. The van der Waals surface area contributed by atoms with Crippen molar-refractivity contribution < 1.29 is 50.3 Å². The van der Waals surface area contributed by atoms with E-state index in [0.717, 1.165) is 28.2 Å². The molecule has 0 saturated carbocycles. The number of hydrogen-bond donors (Lipinski definition) is 0. The topological polar surface area (TPSA) is 72.9 Å². The number of rotatable bonds is 9. The van der Waals surface area contributed by atoms with Crippen LogP contribution in [-0.4, -0.2) is 47.7 Å². The van der Waals surface area contributed by atoms with Crippen LogP contribution in [0.4, 0.5) is 26.3 Å². The number of allylic oxidation sites excluding steroid dienone is 2. The maximum absolute atomic E-state index is 15.8. The van der Waals surface area contributed by atoms with Crippen molar-refractivity contribution in [3.63, 3.8) is 0 Å². The van der Waals surface area contributed by atoms with Gasteiger partial charge in [-0.05, 0) is 49.4 Å². The van der Waals surface area contributed by atoms with E-state index in [0.29, 0.717) is 33.0 Å². The van der Waals surface area contributed by atoms with E-state index in [9.17, 15) is 14.4 Å². The highest BCUT2D eigenvalue weighted by Gasteiger charge is 2.80.